The second-order valence-electron chi connectivity index (χ2n) is 6.03. The second-order valence-corrected chi connectivity index (χ2v) is 6.98. The Labute approximate surface area is 156 Å². The van der Waals surface area contributed by atoms with E-state index in [1.54, 1.807) is 10.6 Å². The molecule has 3 aromatic rings. The number of rotatable bonds is 5. The van der Waals surface area contributed by atoms with E-state index in [1.165, 1.54) is 11.8 Å². The van der Waals surface area contributed by atoms with Gasteiger partial charge in [0.2, 0.25) is 5.91 Å². The molecule has 0 bridgehead atoms. The molecule has 0 spiro atoms. The molecule has 2 aromatic carbocycles. The number of hydrogen-bond donors (Lipinski definition) is 1. The van der Waals surface area contributed by atoms with Crippen molar-refractivity contribution in [1.82, 2.24) is 14.9 Å². The summed E-state index contributed by atoms with van der Waals surface area (Å²) in [5.74, 6) is 0.136. The number of benzene rings is 2. The number of carbonyl (C=O) groups is 1. The van der Waals surface area contributed by atoms with E-state index >= 15 is 0 Å². The number of fused-ring (bicyclic) bond motifs is 1. The molecule has 3 rings (SSSR count). The van der Waals surface area contributed by atoms with E-state index in [1.807, 2.05) is 57.2 Å². The maximum atomic E-state index is 13.2. The first-order valence-electron chi connectivity index (χ1n) is 8.50. The standard InChI is InChI=1S/C20H21N3O2S/c1-4-21-17(24)12-26-20-22-16-11-6-5-10-15(16)19(25)23(20)18-13(2)8-7-9-14(18)3/h5-11H,4,12H2,1-3H3,(H,21,24). The van der Waals surface area contributed by atoms with Crippen LogP contribution >= 0.6 is 11.8 Å². The molecular formula is C20H21N3O2S. The van der Waals surface area contributed by atoms with Crippen LogP contribution in [0.3, 0.4) is 0 Å². The Hall–Kier alpha value is -2.60. The number of nitrogens with zero attached hydrogens (tertiary/aromatic N) is 2. The molecule has 1 N–H and O–H groups in total. The molecular weight excluding hydrogens is 346 g/mol. The summed E-state index contributed by atoms with van der Waals surface area (Å²) >= 11 is 1.28. The fourth-order valence-corrected chi connectivity index (χ4v) is 3.77. The highest BCUT2D eigenvalue weighted by Gasteiger charge is 2.17. The van der Waals surface area contributed by atoms with Gasteiger partial charge >= 0.3 is 0 Å². The molecule has 1 heterocycles. The minimum atomic E-state index is -0.119. The van der Waals surface area contributed by atoms with Crippen LogP contribution < -0.4 is 10.9 Å². The largest absolute Gasteiger partial charge is 0.356 e. The summed E-state index contributed by atoms with van der Waals surface area (Å²) < 4.78 is 1.64. The van der Waals surface area contributed by atoms with E-state index in [9.17, 15) is 9.59 Å². The van der Waals surface area contributed by atoms with Crippen LogP contribution in [0.1, 0.15) is 18.1 Å². The first kappa shape index (κ1) is 18.2. The number of thioether (sulfide) groups is 1. The van der Waals surface area contributed by atoms with Gasteiger partial charge < -0.3 is 5.32 Å². The van der Waals surface area contributed by atoms with Crippen LogP contribution in [0.4, 0.5) is 0 Å². The highest BCUT2D eigenvalue weighted by Crippen LogP contribution is 2.25. The molecule has 1 aromatic heterocycles. The molecule has 0 aliphatic heterocycles. The molecule has 0 unspecified atom stereocenters. The zero-order valence-electron chi connectivity index (χ0n) is 15.1. The number of carbonyl (C=O) groups excluding carboxylic acids is 1. The normalized spacial score (nSPS) is 10.9. The molecule has 5 nitrogen and oxygen atoms in total. The average Bonchev–Trinajstić information content (AvgIpc) is 2.62. The minimum absolute atomic E-state index is 0.0760. The monoisotopic (exact) mass is 367 g/mol. The summed E-state index contributed by atoms with van der Waals surface area (Å²) in [4.78, 5) is 29.8. The molecule has 134 valence electrons. The van der Waals surface area contributed by atoms with Gasteiger partial charge in [0.05, 0.1) is 22.3 Å². The molecule has 0 atom stereocenters. The third-order valence-corrected chi connectivity index (χ3v) is 5.05. The maximum Gasteiger partial charge on any atom is 0.266 e. The van der Waals surface area contributed by atoms with Crippen molar-refractivity contribution in [2.75, 3.05) is 12.3 Å². The van der Waals surface area contributed by atoms with Crippen LogP contribution in [0.25, 0.3) is 16.6 Å². The number of aryl methyl sites for hydroxylation is 2. The molecule has 0 saturated heterocycles. The van der Waals surface area contributed by atoms with Crippen LogP contribution in [0.5, 0.6) is 0 Å². The lowest BCUT2D eigenvalue weighted by atomic mass is 10.1. The lowest BCUT2D eigenvalue weighted by Gasteiger charge is -2.17. The number of amides is 1. The lowest BCUT2D eigenvalue weighted by molar-refractivity contribution is -0.118. The van der Waals surface area contributed by atoms with Crippen LogP contribution in [0.15, 0.2) is 52.4 Å². The molecule has 0 saturated carbocycles. The van der Waals surface area contributed by atoms with Crippen molar-refractivity contribution in [3.63, 3.8) is 0 Å². The van der Waals surface area contributed by atoms with Gasteiger partial charge in [-0.25, -0.2) is 4.98 Å². The van der Waals surface area contributed by atoms with Crippen molar-refractivity contribution < 1.29 is 4.79 Å². The topological polar surface area (TPSA) is 64.0 Å². The lowest BCUT2D eigenvalue weighted by Crippen LogP contribution is -2.26. The van der Waals surface area contributed by atoms with Gasteiger partial charge in [0.25, 0.3) is 5.56 Å². The molecule has 0 aliphatic carbocycles. The van der Waals surface area contributed by atoms with Gasteiger partial charge in [-0.15, -0.1) is 0 Å². The van der Waals surface area contributed by atoms with E-state index < -0.39 is 0 Å². The van der Waals surface area contributed by atoms with Crippen LogP contribution in [-0.2, 0) is 4.79 Å². The summed E-state index contributed by atoms with van der Waals surface area (Å²) in [7, 11) is 0. The van der Waals surface area contributed by atoms with E-state index in [0.29, 0.717) is 22.6 Å². The van der Waals surface area contributed by atoms with Gasteiger partial charge in [0.15, 0.2) is 5.16 Å². The Bertz CT molecular complexity index is 1010. The second kappa shape index (κ2) is 7.74. The van der Waals surface area contributed by atoms with Crippen molar-refractivity contribution in [1.29, 1.82) is 0 Å². The summed E-state index contributed by atoms with van der Waals surface area (Å²) in [6.45, 7) is 6.40. The third-order valence-electron chi connectivity index (χ3n) is 4.11. The summed E-state index contributed by atoms with van der Waals surface area (Å²) in [6.07, 6.45) is 0. The van der Waals surface area contributed by atoms with Crippen LogP contribution in [0.2, 0.25) is 0 Å². The van der Waals surface area contributed by atoms with Crippen molar-refractivity contribution >= 4 is 28.6 Å². The van der Waals surface area contributed by atoms with Crippen LogP contribution in [0, 0.1) is 13.8 Å². The van der Waals surface area contributed by atoms with E-state index in [4.69, 9.17) is 0 Å². The van der Waals surface area contributed by atoms with Crippen LogP contribution in [-0.4, -0.2) is 27.8 Å². The minimum Gasteiger partial charge on any atom is -0.356 e. The summed E-state index contributed by atoms with van der Waals surface area (Å²) in [5.41, 5.74) is 3.33. The third kappa shape index (κ3) is 3.51. The molecule has 0 aliphatic rings. The fourth-order valence-electron chi connectivity index (χ4n) is 2.94. The first-order chi connectivity index (χ1) is 12.5. The highest BCUT2D eigenvalue weighted by atomic mass is 32.2. The highest BCUT2D eigenvalue weighted by molar-refractivity contribution is 7.99. The van der Waals surface area contributed by atoms with E-state index in [2.05, 4.69) is 10.3 Å². The molecule has 0 radical (unpaired) electrons. The Kier molecular flexibility index (Phi) is 5.42. The van der Waals surface area contributed by atoms with Gasteiger partial charge in [-0.3, -0.25) is 14.2 Å². The molecule has 26 heavy (non-hydrogen) atoms. The van der Waals surface area contributed by atoms with Gasteiger partial charge in [0.1, 0.15) is 0 Å². The Morgan fingerprint density at radius 2 is 1.81 bits per heavy atom. The van der Waals surface area contributed by atoms with Crippen molar-refractivity contribution in [2.24, 2.45) is 0 Å². The maximum absolute atomic E-state index is 13.2. The zero-order chi connectivity index (χ0) is 18.7. The smallest absolute Gasteiger partial charge is 0.266 e. The van der Waals surface area contributed by atoms with Gasteiger partial charge in [-0.05, 0) is 44.0 Å². The number of hydrogen-bond acceptors (Lipinski definition) is 4. The SMILES string of the molecule is CCNC(=O)CSc1nc2ccccc2c(=O)n1-c1c(C)cccc1C. The first-order valence-corrected chi connectivity index (χ1v) is 9.49. The van der Waals surface area contributed by atoms with Gasteiger partial charge in [-0.1, -0.05) is 42.1 Å². The Morgan fingerprint density at radius 3 is 2.50 bits per heavy atom. The molecule has 6 heteroatoms. The van der Waals surface area contributed by atoms with E-state index in [0.717, 1.165) is 16.8 Å². The summed E-state index contributed by atoms with van der Waals surface area (Å²) in [5, 5.41) is 3.87. The van der Waals surface area contributed by atoms with E-state index in [-0.39, 0.29) is 17.2 Å². The Balaban J connectivity index is 2.21. The molecule has 0 fully saturated rings. The van der Waals surface area contributed by atoms with Crippen molar-refractivity contribution in [2.45, 2.75) is 25.9 Å². The Morgan fingerprint density at radius 1 is 1.12 bits per heavy atom. The predicted molar refractivity (Wildman–Crippen MR) is 106 cm³/mol. The number of aromatic nitrogens is 2. The number of para-hydroxylation sites is 2. The van der Waals surface area contributed by atoms with Gasteiger partial charge in [-0.2, -0.15) is 0 Å². The molecule has 1 amide bonds. The number of nitrogens with one attached hydrogen (secondary N) is 1. The average molecular weight is 367 g/mol. The fraction of sp³-hybridized carbons (Fsp3) is 0.250. The van der Waals surface area contributed by atoms with Gasteiger partial charge in [0, 0.05) is 6.54 Å². The zero-order valence-corrected chi connectivity index (χ0v) is 15.9. The van der Waals surface area contributed by atoms with Crippen molar-refractivity contribution in [3.8, 4) is 5.69 Å². The summed E-state index contributed by atoms with van der Waals surface area (Å²) in [6, 6.07) is 13.2. The quantitative estimate of drug-likeness (QED) is 0.555. The predicted octanol–water partition coefficient (Wildman–Crippen LogP) is 3.23. The van der Waals surface area contributed by atoms with Crippen molar-refractivity contribution in [3.05, 3.63) is 63.9 Å².